The number of aromatic hydroxyl groups is 1. The minimum absolute atomic E-state index is 0.0530. The number of rotatable bonds is 4. The first kappa shape index (κ1) is 20.8. The van der Waals surface area contributed by atoms with E-state index < -0.39 is 27.1 Å². The van der Waals surface area contributed by atoms with Crippen LogP contribution in [0.5, 0.6) is 17.2 Å². The fraction of sp³-hybridized carbons (Fsp3) is 0.400. The molecule has 0 amide bonds. The molecule has 1 aliphatic carbocycles. The lowest BCUT2D eigenvalue weighted by molar-refractivity contribution is -0.0500. The summed E-state index contributed by atoms with van der Waals surface area (Å²) in [5.74, 6) is -0.846. The van der Waals surface area contributed by atoms with Gasteiger partial charge in [-0.3, -0.25) is 4.90 Å². The fourth-order valence-electron chi connectivity index (χ4n) is 4.35. The van der Waals surface area contributed by atoms with Gasteiger partial charge in [0.1, 0.15) is 5.75 Å². The maximum atomic E-state index is 12.8. The molecule has 0 saturated carbocycles. The molecule has 0 bridgehead atoms. The Morgan fingerprint density at radius 3 is 2.60 bits per heavy atom. The molecule has 0 spiro atoms. The SMILES string of the molecule is CCN1CCc2cc(OC)cc3c2[C@H]1Cc1ccc(OS(=O)(=O)C(F)(F)F)c(O)c1-3. The van der Waals surface area contributed by atoms with Gasteiger partial charge in [-0.05, 0) is 59.8 Å². The van der Waals surface area contributed by atoms with Crippen LogP contribution in [0.15, 0.2) is 24.3 Å². The van der Waals surface area contributed by atoms with E-state index in [0.29, 0.717) is 23.3 Å². The van der Waals surface area contributed by atoms with Crippen LogP contribution in [0.25, 0.3) is 11.1 Å². The highest BCUT2D eigenvalue weighted by atomic mass is 32.2. The van der Waals surface area contributed by atoms with Gasteiger partial charge in [-0.15, -0.1) is 0 Å². The van der Waals surface area contributed by atoms with Crippen LogP contribution in [-0.4, -0.2) is 44.1 Å². The first-order valence-electron chi connectivity index (χ1n) is 9.38. The molecular weight excluding hydrogens is 423 g/mol. The Balaban J connectivity index is 1.91. The summed E-state index contributed by atoms with van der Waals surface area (Å²) in [7, 11) is -4.40. The second kappa shape index (κ2) is 7.05. The van der Waals surface area contributed by atoms with E-state index in [-0.39, 0.29) is 11.6 Å². The number of alkyl halides is 3. The van der Waals surface area contributed by atoms with Crippen molar-refractivity contribution in [1.29, 1.82) is 0 Å². The van der Waals surface area contributed by atoms with Crippen molar-refractivity contribution in [1.82, 2.24) is 4.90 Å². The molecule has 1 atom stereocenters. The molecule has 0 fully saturated rings. The standard InChI is InChI=1S/C20H20F3NO5S/c1-3-24-7-6-12-8-13(28-2)10-14-17(12)15(24)9-11-4-5-16(19(25)18(11)14)29-30(26,27)20(21,22)23/h4-5,8,10,15,25H,3,6-7,9H2,1-2H3/t15-/m1/s1. The van der Waals surface area contributed by atoms with E-state index in [4.69, 9.17) is 4.74 Å². The van der Waals surface area contributed by atoms with Crippen LogP contribution in [0, 0.1) is 0 Å². The molecule has 162 valence electrons. The average molecular weight is 443 g/mol. The second-order valence-electron chi connectivity index (χ2n) is 7.28. The van der Waals surface area contributed by atoms with Crippen LogP contribution < -0.4 is 8.92 Å². The molecule has 30 heavy (non-hydrogen) atoms. The van der Waals surface area contributed by atoms with Crippen molar-refractivity contribution in [2.45, 2.75) is 31.3 Å². The average Bonchev–Trinajstić information content (AvgIpc) is 2.69. The molecule has 0 unspecified atom stereocenters. The molecule has 0 aromatic heterocycles. The molecule has 2 aliphatic rings. The zero-order chi connectivity index (χ0) is 21.8. The topological polar surface area (TPSA) is 76.1 Å². The zero-order valence-electron chi connectivity index (χ0n) is 16.3. The maximum Gasteiger partial charge on any atom is 0.534 e. The first-order valence-corrected chi connectivity index (χ1v) is 10.8. The van der Waals surface area contributed by atoms with Crippen molar-refractivity contribution < 1.29 is 35.6 Å². The van der Waals surface area contributed by atoms with Gasteiger partial charge in [0.25, 0.3) is 0 Å². The summed E-state index contributed by atoms with van der Waals surface area (Å²) in [6.07, 6.45) is 1.30. The monoisotopic (exact) mass is 443 g/mol. The van der Waals surface area contributed by atoms with E-state index in [2.05, 4.69) is 16.0 Å². The molecule has 0 radical (unpaired) electrons. The molecule has 2 aromatic rings. The molecule has 1 heterocycles. The van der Waals surface area contributed by atoms with Crippen molar-refractivity contribution in [3.05, 3.63) is 41.0 Å². The van der Waals surface area contributed by atoms with Crippen LogP contribution in [-0.2, 0) is 23.0 Å². The predicted octanol–water partition coefficient (Wildman–Crippen LogP) is 3.77. The predicted molar refractivity (Wildman–Crippen MR) is 103 cm³/mol. The van der Waals surface area contributed by atoms with Gasteiger partial charge in [-0.25, -0.2) is 0 Å². The largest absolute Gasteiger partial charge is 0.534 e. The normalized spacial score (nSPS) is 18.5. The Labute approximate surface area is 172 Å². The number of phenols is 1. The van der Waals surface area contributed by atoms with E-state index >= 15 is 0 Å². The first-order chi connectivity index (χ1) is 14.1. The summed E-state index contributed by atoms with van der Waals surface area (Å²) < 4.78 is 70.7. The number of fused-ring (bicyclic) bond motifs is 2. The number of halogens is 3. The van der Waals surface area contributed by atoms with Gasteiger partial charge in [0, 0.05) is 18.2 Å². The van der Waals surface area contributed by atoms with Gasteiger partial charge in [-0.1, -0.05) is 13.0 Å². The number of phenolic OH excluding ortho intramolecular Hbond substituents is 1. The quantitative estimate of drug-likeness (QED) is 0.573. The number of methoxy groups -OCH3 is 1. The number of ether oxygens (including phenoxy) is 1. The number of nitrogens with zero attached hydrogens (tertiary/aromatic N) is 1. The molecule has 1 N–H and O–H groups in total. The van der Waals surface area contributed by atoms with Crippen LogP contribution in [0.1, 0.15) is 29.7 Å². The lowest BCUT2D eigenvalue weighted by atomic mass is 9.76. The number of benzene rings is 2. The maximum absolute atomic E-state index is 12.8. The summed E-state index contributed by atoms with van der Waals surface area (Å²) in [5.41, 5.74) is -2.01. The molecule has 4 rings (SSSR count). The Kier molecular flexibility index (Phi) is 4.89. The summed E-state index contributed by atoms with van der Waals surface area (Å²) >= 11 is 0. The Morgan fingerprint density at radius 2 is 1.97 bits per heavy atom. The third-order valence-electron chi connectivity index (χ3n) is 5.72. The fourth-order valence-corrected chi connectivity index (χ4v) is 4.81. The van der Waals surface area contributed by atoms with Gasteiger partial charge in [0.2, 0.25) is 0 Å². The second-order valence-corrected chi connectivity index (χ2v) is 8.81. The Morgan fingerprint density at radius 1 is 1.23 bits per heavy atom. The van der Waals surface area contributed by atoms with E-state index in [9.17, 15) is 26.7 Å². The lowest BCUT2D eigenvalue weighted by Gasteiger charge is -2.41. The molecule has 10 heteroatoms. The third-order valence-corrected chi connectivity index (χ3v) is 6.68. The van der Waals surface area contributed by atoms with Gasteiger partial charge >= 0.3 is 15.6 Å². The van der Waals surface area contributed by atoms with E-state index in [1.54, 1.807) is 6.07 Å². The Hall–Kier alpha value is -2.46. The summed E-state index contributed by atoms with van der Waals surface area (Å²) in [6, 6.07) is 6.25. The molecular formula is C20H20F3NO5S. The zero-order valence-corrected chi connectivity index (χ0v) is 17.1. The van der Waals surface area contributed by atoms with Gasteiger partial charge in [0.05, 0.1) is 7.11 Å². The smallest absolute Gasteiger partial charge is 0.504 e. The van der Waals surface area contributed by atoms with E-state index in [0.717, 1.165) is 36.7 Å². The highest BCUT2D eigenvalue weighted by Crippen LogP contribution is 2.52. The number of hydrogen-bond donors (Lipinski definition) is 1. The highest BCUT2D eigenvalue weighted by molar-refractivity contribution is 7.88. The van der Waals surface area contributed by atoms with Gasteiger partial charge in [-0.2, -0.15) is 21.6 Å². The van der Waals surface area contributed by atoms with Crippen LogP contribution in [0.4, 0.5) is 13.2 Å². The van der Waals surface area contributed by atoms with E-state index in [1.165, 1.54) is 13.2 Å². The molecule has 0 saturated heterocycles. The third kappa shape index (κ3) is 3.18. The minimum Gasteiger partial charge on any atom is -0.504 e. The van der Waals surface area contributed by atoms with Crippen molar-refractivity contribution in [2.75, 3.05) is 20.2 Å². The van der Waals surface area contributed by atoms with Crippen LogP contribution in [0.2, 0.25) is 0 Å². The molecule has 6 nitrogen and oxygen atoms in total. The minimum atomic E-state index is -5.91. The highest BCUT2D eigenvalue weighted by Gasteiger charge is 2.49. The Bertz CT molecular complexity index is 1110. The van der Waals surface area contributed by atoms with Gasteiger partial charge < -0.3 is 14.0 Å². The number of likely N-dealkylation sites (N-methyl/N-ethyl adjacent to an activating group) is 1. The summed E-state index contributed by atoms with van der Waals surface area (Å²) in [6.45, 7) is 3.73. The lowest BCUT2D eigenvalue weighted by Crippen LogP contribution is -2.38. The van der Waals surface area contributed by atoms with Gasteiger partial charge in [0.15, 0.2) is 11.5 Å². The van der Waals surface area contributed by atoms with Crippen LogP contribution in [0.3, 0.4) is 0 Å². The number of hydrogen-bond acceptors (Lipinski definition) is 6. The van der Waals surface area contributed by atoms with Crippen LogP contribution >= 0.6 is 0 Å². The summed E-state index contributed by atoms with van der Waals surface area (Å²) in [5, 5.41) is 10.8. The summed E-state index contributed by atoms with van der Waals surface area (Å²) in [4.78, 5) is 2.30. The van der Waals surface area contributed by atoms with E-state index in [1.807, 2.05) is 6.07 Å². The van der Waals surface area contributed by atoms with Crippen molar-refractivity contribution in [3.63, 3.8) is 0 Å². The molecule has 1 aliphatic heterocycles. The molecule has 2 aromatic carbocycles. The van der Waals surface area contributed by atoms with Crippen molar-refractivity contribution in [2.24, 2.45) is 0 Å². The van der Waals surface area contributed by atoms with Crippen molar-refractivity contribution in [3.8, 4) is 28.4 Å². The van der Waals surface area contributed by atoms with Crippen molar-refractivity contribution >= 4 is 10.1 Å².